The molecule has 1 fully saturated rings. The minimum Gasteiger partial charge on any atom is -0.384 e. The third kappa shape index (κ3) is 3.25. The fourth-order valence-electron chi connectivity index (χ4n) is 2.62. The lowest BCUT2D eigenvalue weighted by atomic mass is 10.1. The number of carbonyl (C=O) groups excluding carboxylic acids is 1. The first-order valence-electron chi connectivity index (χ1n) is 7.12. The van der Waals surface area contributed by atoms with Crippen molar-refractivity contribution >= 4 is 11.6 Å². The Kier molecular flexibility index (Phi) is 4.40. The summed E-state index contributed by atoms with van der Waals surface area (Å²) in [7, 11) is 0. The highest BCUT2D eigenvalue weighted by molar-refractivity contribution is 5.92. The number of hydrogen-bond donors (Lipinski definition) is 1. The van der Waals surface area contributed by atoms with E-state index < -0.39 is 0 Å². The van der Waals surface area contributed by atoms with Gasteiger partial charge in [0.2, 0.25) is 0 Å². The molecule has 1 aromatic heterocycles. The molecule has 0 aromatic carbocycles. The largest absolute Gasteiger partial charge is 0.384 e. The smallest absolute Gasteiger partial charge is 0.272 e. The van der Waals surface area contributed by atoms with Crippen LogP contribution in [0.2, 0.25) is 0 Å². The molecule has 1 saturated heterocycles. The first-order chi connectivity index (χ1) is 9.11. The third-order valence-electron chi connectivity index (χ3n) is 3.61. The van der Waals surface area contributed by atoms with Gasteiger partial charge in [-0.1, -0.05) is 13.8 Å². The molecule has 0 aliphatic carbocycles. The standard InChI is InChI=1S/C15H23N3O/c1-4-7-16-13-5-6-14(17-9-13)15(19)18-10-11(2)8-12(18)3/h5-6,9,11-12,16H,4,7-8,10H2,1-3H3. The van der Waals surface area contributed by atoms with E-state index in [9.17, 15) is 4.79 Å². The Morgan fingerprint density at radius 3 is 2.79 bits per heavy atom. The van der Waals surface area contributed by atoms with E-state index in [0.29, 0.717) is 17.7 Å². The van der Waals surface area contributed by atoms with Crippen molar-refractivity contribution in [3.63, 3.8) is 0 Å². The minimum atomic E-state index is 0.0545. The number of carbonyl (C=O) groups is 1. The molecule has 0 saturated carbocycles. The Balaban J connectivity index is 2.03. The van der Waals surface area contributed by atoms with Crippen molar-refractivity contribution in [2.45, 2.75) is 39.7 Å². The number of nitrogens with one attached hydrogen (secondary N) is 1. The minimum absolute atomic E-state index is 0.0545. The second-order valence-corrected chi connectivity index (χ2v) is 5.51. The summed E-state index contributed by atoms with van der Waals surface area (Å²) in [5.41, 5.74) is 1.52. The van der Waals surface area contributed by atoms with E-state index in [4.69, 9.17) is 0 Å². The lowest BCUT2D eigenvalue weighted by Gasteiger charge is -2.21. The van der Waals surface area contributed by atoms with E-state index in [0.717, 1.165) is 31.6 Å². The Hall–Kier alpha value is -1.58. The number of amides is 1. The molecule has 2 atom stereocenters. The fraction of sp³-hybridized carbons (Fsp3) is 0.600. The zero-order chi connectivity index (χ0) is 13.8. The first kappa shape index (κ1) is 13.8. The van der Waals surface area contributed by atoms with Crippen LogP contribution in [0.5, 0.6) is 0 Å². The Labute approximate surface area is 115 Å². The summed E-state index contributed by atoms with van der Waals surface area (Å²) in [6.07, 6.45) is 3.90. The van der Waals surface area contributed by atoms with Gasteiger partial charge in [-0.25, -0.2) is 4.98 Å². The van der Waals surface area contributed by atoms with E-state index >= 15 is 0 Å². The van der Waals surface area contributed by atoms with Gasteiger partial charge < -0.3 is 10.2 Å². The van der Waals surface area contributed by atoms with Crippen LogP contribution in [-0.4, -0.2) is 34.9 Å². The van der Waals surface area contributed by atoms with Crippen LogP contribution in [0, 0.1) is 5.92 Å². The van der Waals surface area contributed by atoms with Crippen molar-refractivity contribution in [3.8, 4) is 0 Å². The molecule has 1 amide bonds. The number of pyridine rings is 1. The Bertz CT molecular complexity index is 430. The summed E-state index contributed by atoms with van der Waals surface area (Å²) >= 11 is 0. The van der Waals surface area contributed by atoms with E-state index in [2.05, 4.69) is 31.1 Å². The Morgan fingerprint density at radius 2 is 2.26 bits per heavy atom. The van der Waals surface area contributed by atoms with Crippen molar-refractivity contribution in [3.05, 3.63) is 24.0 Å². The topological polar surface area (TPSA) is 45.2 Å². The lowest BCUT2D eigenvalue weighted by molar-refractivity contribution is 0.0738. The molecule has 2 heterocycles. The molecule has 104 valence electrons. The lowest BCUT2D eigenvalue weighted by Crippen LogP contribution is -2.34. The van der Waals surface area contributed by atoms with Crippen molar-refractivity contribution in [2.75, 3.05) is 18.4 Å². The summed E-state index contributed by atoms with van der Waals surface area (Å²) in [5.74, 6) is 0.642. The molecule has 1 aliphatic rings. The zero-order valence-corrected chi connectivity index (χ0v) is 12.0. The molecule has 1 N–H and O–H groups in total. The van der Waals surface area contributed by atoms with Crippen LogP contribution in [0.1, 0.15) is 44.1 Å². The van der Waals surface area contributed by atoms with Crippen LogP contribution in [-0.2, 0) is 0 Å². The van der Waals surface area contributed by atoms with Gasteiger partial charge in [0.05, 0.1) is 11.9 Å². The second kappa shape index (κ2) is 6.04. The van der Waals surface area contributed by atoms with Crippen molar-refractivity contribution in [1.82, 2.24) is 9.88 Å². The van der Waals surface area contributed by atoms with Gasteiger partial charge in [-0.2, -0.15) is 0 Å². The second-order valence-electron chi connectivity index (χ2n) is 5.51. The van der Waals surface area contributed by atoms with Crippen LogP contribution in [0.25, 0.3) is 0 Å². The van der Waals surface area contributed by atoms with Crippen LogP contribution in [0.15, 0.2) is 18.3 Å². The van der Waals surface area contributed by atoms with Gasteiger partial charge >= 0.3 is 0 Å². The van der Waals surface area contributed by atoms with E-state index in [1.165, 1.54) is 0 Å². The van der Waals surface area contributed by atoms with Crippen LogP contribution < -0.4 is 5.32 Å². The summed E-state index contributed by atoms with van der Waals surface area (Å²) in [5, 5.41) is 3.26. The summed E-state index contributed by atoms with van der Waals surface area (Å²) in [6.45, 7) is 8.19. The maximum absolute atomic E-state index is 12.4. The highest BCUT2D eigenvalue weighted by Gasteiger charge is 2.30. The quantitative estimate of drug-likeness (QED) is 0.906. The number of hydrogen-bond acceptors (Lipinski definition) is 3. The molecular formula is C15H23N3O. The zero-order valence-electron chi connectivity index (χ0n) is 12.0. The van der Waals surface area contributed by atoms with Crippen molar-refractivity contribution in [2.24, 2.45) is 5.92 Å². The third-order valence-corrected chi connectivity index (χ3v) is 3.61. The highest BCUT2D eigenvalue weighted by Crippen LogP contribution is 2.24. The van der Waals surface area contributed by atoms with Gasteiger partial charge in [-0.15, -0.1) is 0 Å². The number of anilines is 1. The van der Waals surface area contributed by atoms with Crippen LogP contribution in [0.3, 0.4) is 0 Å². The summed E-state index contributed by atoms with van der Waals surface area (Å²) in [6, 6.07) is 4.07. The summed E-state index contributed by atoms with van der Waals surface area (Å²) < 4.78 is 0. The van der Waals surface area contributed by atoms with Crippen LogP contribution >= 0.6 is 0 Å². The van der Waals surface area contributed by atoms with Crippen LogP contribution in [0.4, 0.5) is 5.69 Å². The molecule has 19 heavy (non-hydrogen) atoms. The molecule has 2 unspecified atom stereocenters. The molecule has 0 radical (unpaired) electrons. The predicted octanol–water partition coefficient (Wildman–Crippen LogP) is 2.77. The Morgan fingerprint density at radius 1 is 1.47 bits per heavy atom. The van der Waals surface area contributed by atoms with E-state index in [1.807, 2.05) is 17.0 Å². The van der Waals surface area contributed by atoms with Gasteiger partial charge in [-0.3, -0.25) is 4.79 Å². The van der Waals surface area contributed by atoms with Crippen molar-refractivity contribution < 1.29 is 4.79 Å². The van der Waals surface area contributed by atoms with Gasteiger partial charge in [0, 0.05) is 19.1 Å². The number of aromatic nitrogens is 1. The molecule has 1 aromatic rings. The number of nitrogens with zero attached hydrogens (tertiary/aromatic N) is 2. The van der Waals surface area contributed by atoms with E-state index in [1.54, 1.807) is 6.20 Å². The average Bonchev–Trinajstić information content (AvgIpc) is 2.75. The number of likely N-dealkylation sites (tertiary alicyclic amines) is 1. The molecule has 0 spiro atoms. The molecule has 4 nitrogen and oxygen atoms in total. The van der Waals surface area contributed by atoms with Gasteiger partial charge in [0.25, 0.3) is 5.91 Å². The molecule has 4 heteroatoms. The normalized spacial score (nSPS) is 22.6. The van der Waals surface area contributed by atoms with E-state index in [-0.39, 0.29) is 5.91 Å². The summed E-state index contributed by atoms with van der Waals surface area (Å²) in [4.78, 5) is 18.6. The van der Waals surface area contributed by atoms with Gasteiger partial charge in [-0.05, 0) is 37.8 Å². The highest BCUT2D eigenvalue weighted by atomic mass is 16.2. The van der Waals surface area contributed by atoms with Gasteiger partial charge in [0.15, 0.2) is 0 Å². The SMILES string of the molecule is CCCNc1ccc(C(=O)N2CC(C)CC2C)nc1. The van der Waals surface area contributed by atoms with Gasteiger partial charge in [0.1, 0.15) is 5.69 Å². The maximum Gasteiger partial charge on any atom is 0.272 e. The fourth-order valence-corrected chi connectivity index (χ4v) is 2.62. The molecule has 0 bridgehead atoms. The first-order valence-corrected chi connectivity index (χ1v) is 7.12. The predicted molar refractivity (Wildman–Crippen MR) is 77.3 cm³/mol. The maximum atomic E-state index is 12.4. The average molecular weight is 261 g/mol. The monoisotopic (exact) mass is 261 g/mol. The molecule has 1 aliphatic heterocycles. The molecule has 2 rings (SSSR count). The molecular weight excluding hydrogens is 238 g/mol. The number of rotatable bonds is 4. The van der Waals surface area contributed by atoms with Crippen molar-refractivity contribution in [1.29, 1.82) is 0 Å².